The van der Waals surface area contributed by atoms with Crippen LogP contribution in [0.1, 0.15) is 29.2 Å². The maximum atomic E-state index is 5.89. The third-order valence-electron chi connectivity index (χ3n) is 3.61. The second-order valence-corrected chi connectivity index (χ2v) is 4.75. The van der Waals surface area contributed by atoms with Crippen molar-refractivity contribution in [1.29, 1.82) is 0 Å². The van der Waals surface area contributed by atoms with E-state index in [0.29, 0.717) is 0 Å². The third-order valence-corrected chi connectivity index (χ3v) is 3.61. The number of nitrogens with one attached hydrogen (secondary N) is 1. The van der Waals surface area contributed by atoms with Crippen molar-refractivity contribution in [1.82, 2.24) is 5.32 Å². The van der Waals surface area contributed by atoms with Crippen molar-refractivity contribution in [2.24, 2.45) is 0 Å². The van der Waals surface area contributed by atoms with Crippen LogP contribution in [0.15, 0.2) is 12.1 Å². The van der Waals surface area contributed by atoms with Gasteiger partial charge in [0.1, 0.15) is 5.75 Å². The lowest BCUT2D eigenvalue weighted by Crippen LogP contribution is -2.27. The molecule has 1 aromatic carbocycles. The van der Waals surface area contributed by atoms with Crippen LogP contribution < -0.4 is 10.1 Å². The van der Waals surface area contributed by atoms with Gasteiger partial charge in [-0.3, -0.25) is 0 Å². The fourth-order valence-corrected chi connectivity index (χ4v) is 2.80. The van der Waals surface area contributed by atoms with Crippen molar-refractivity contribution in [2.75, 3.05) is 26.8 Å². The molecular formula is C14H19NO2. The van der Waals surface area contributed by atoms with Crippen LogP contribution in [0.2, 0.25) is 0 Å². The molecule has 0 bridgehead atoms. The predicted molar refractivity (Wildman–Crippen MR) is 66.6 cm³/mol. The zero-order chi connectivity index (χ0) is 11.7. The highest BCUT2D eigenvalue weighted by Crippen LogP contribution is 2.39. The van der Waals surface area contributed by atoms with Gasteiger partial charge in [-0.1, -0.05) is 12.1 Å². The molecule has 2 aliphatic rings. The van der Waals surface area contributed by atoms with Crippen LogP contribution in [0.3, 0.4) is 0 Å². The zero-order valence-electron chi connectivity index (χ0n) is 10.3. The first kappa shape index (κ1) is 11.1. The number of aryl methyl sites for hydroxylation is 1. The molecule has 0 unspecified atom stereocenters. The fourth-order valence-electron chi connectivity index (χ4n) is 2.80. The van der Waals surface area contributed by atoms with Gasteiger partial charge in [0.25, 0.3) is 0 Å². The van der Waals surface area contributed by atoms with Gasteiger partial charge in [0.05, 0.1) is 19.3 Å². The van der Waals surface area contributed by atoms with Gasteiger partial charge < -0.3 is 14.8 Å². The molecule has 1 N–H and O–H groups in total. The predicted octanol–water partition coefficient (Wildman–Crippen LogP) is 1.84. The first-order chi connectivity index (χ1) is 8.40. The zero-order valence-corrected chi connectivity index (χ0v) is 10.3. The monoisotopic (exact) mass is 233 g/mol. The molecule has 1 aromatic rings. The van der Waals surface area contributed by atoms with Crippen molar-refractivity contribution in [3.8, 4) is 5.75 Å². The maximum Gasteiger partial charge on any atom is 0.128 e. The Balaban J connectivity index is 2.05. The highest BCUT2D eigenvalue weighted by atomic mass is 16.5. The molecule has 2 aliphatic heterocycles. The summed E-state index contributed by atoms with van der Waals surface area (Å²) >= 11 is 0. The van der Waals surface area contributed by atoms with Gasteiger partial charge in [0.2, 0.25) is 0 Å². The molecule has 3 nitrogen and oxygen atoms in total. The Bertz CT molecular complexity index is 417. The molecule has 0 saturated carbocycles. The van der Waals surface area contributed by atoms with Crippen LogP contribution in [0.4, 0.5) is 0 Å². The van der Waals surface area contributed by atoms with Gasteiger partial charge >= 0.3 is 0 Å². The summed E-state index contributed by atoms with van der Waals surface area (Å²) in [6, 6.07) is 4.49. The summed E-state index contributed by atoms with van der Waals surface area (Å²) in [5.41, 5.74) is 4.04. The summed E-state index contributed by atoms with van der Waals surface area (Å²) < 4.78 is 11.8. The SMILES string of the molecule is CNC[C@H]1OCCc2ccc3c(c21)OCCC3. The van der Waals surface area contributed by atoms with Crippen molar-refractivity contribution < 1.29 is 9.47 Å². The van der Waals surface area contributed by atoms with Gasteiger partial charge in [-0.15, -0.1) is 0 Å². The van der Waals surface area contributed by atoms with Crippen LogP contribution in [-0.2, 0) is 17.6 Å². The molecule has 1 atom stereocenters. The number of fused-ring (bicyclic) bond motifs is 3. The lowest BCUT2D eigenvalue weighted by Gasteiger charge is -2.31. The number of benzene rings is 1. The normalized spacial score (nSPS) is 22.5. The highest BCUT2D eigenvalue weighted by Gasteiger charge is 2.27. The summed E-state index contributed by atoms with van der Waals surface area (Å²) in [4.78, 5) is 0. The van der Waals surface area contributed by atoms with E-state index in [4.69, 9.17) is 9.47 Å². The van der Waals surface area contributed by atoms with E-state index in [2.05, 4.69) is 17.4 Å². The number of likely N-dealkylation sites (N-methyl/N-ethyl adjacent to an activating group) is 1. The van der Waals surface area contributed by atoms with Crippen molar-refractivity contribution >= 4 is 0 Å². The minimum atomic E-state index is 0.150. The molecule has 0 fully saturated rings. The van der Waals surface area contributed by atoms with Crippen LogP contribution in [0.25, 0.3) is 0 Å². The number of rotatable bonds is 2. The van der Waals surface area contributed by atoms with E-state index < -0.39 is 0 Å². The van der Waals surface area contributed by atoms with Gasteiger partial charge in [-0.05, 0) is 37.4 Å². The highest BCUT2D eigenvalue weighted by molar-refractivity contribution is 5.49. The van der Waals surface area contributed by atoms with Gasteiger partial charge in [0, 0.05) is 12.1 Å². The van der Waals surface area contributed by atoms with Crippen LogP contribution in [-0.4, -0.2) is 26.8 Å². The Morgan fingerprint density at radius 2 is 2.12 bits per heavy atom. The Kier molecular flexibility index (Phi) is 3.04. The second-order valence-electron chi connectivity index (χ2n) is 4.75. The number of hydrogen-bond acceptors (Lipinski definition) is 3. The summed E-state index contributed by atoms with van der Waals surface area (Å²) in [6.07, 6.45) is 3.42. The van der Waals surface area contributed by atoms with Gasteiger partial charge in [0.15, 0.2) is 0 Å². The van der Waals surface area contributed by atoms with E-state index in [-0.39, 0.29) is 6.10 Å². The lowest BCUT2D eigenvalue weighted by molar-refractivity contribution is 0.0408. The van der Waals surface area contributed by atoms with Gasteiger partial charge in [-0.2, -0.15) is 0 Å². The average molecular weight is 233 g/mol. The summed E-state index contributed by atoms with van der Waals surface area (Å²) in [6.45, 7) is 2.51. The molecule has 0 saturated heterocycles. The summed E-state index contributed by atoms with van der Waals surface area (Å²) in [5.74, 6) is 1.11. The lowest BCUT2D eigenvalue weighted by atomic mass is 9.91. The molecule has 3 rings (SSSR count). The van der Waals surface area contributed by atoms with E-state index in [1.54, 1.807) is 0 Å². The quantitative estimate of drug-likeness (QED) is 0.845. The van der Waals surface area contributed by atoms with E-state index in [0.717, 1.165) is 44.8 Å². The average Bonchev–Trinajstić information content (AvgIpc) is 2.39. The topological polar surface area (TPSA) is 30.5 Å². The Morgan fingerprint density at radius 3 is 3.00 bits per heavy atom. The molecule has 17 heavy (non-hydrogen) atoms. The van der Waals surface area contributed by atoms with E-state index in [9.17, 15) is 0 Å². The fraction of sp³-hybridized carbons (Fsp3) is 0.571. The van der Waals surface area contributed by atoms with E-state index in [1.165, 1.54) is 16.7 Å². The van der Waals surface area contributed by atoms with Crippen LogP contribution >= 0.6 is 0 Å². The van der Waals surface area contributed by atoms with Crippen molar-refractivity contribution in [3.05, 3.63) is 28.8 Å². The number of ether oxygens (including phenoxy) is 2. The molecule has 0 amide bonds. The Morgan fingerprint density at radius 1 is 1.24 bits per heavy atom. The Hall–Kier alpha value is -1.06. The smallest absolute Gasteiger partial charge is 0.128 e. The third kappa shape index (κ3) is 1.94. The van der Waals surface area contributed by atoms with Crippen molar-refractivity contribution in [3.63, 3.8) is 0 Å². The molecular weight excluding hydrogens is 214 g/mol. The maximum absolute atomic E-state index is 5.89. The van der Waals surface area contributed by atoms with Gasteiger partial charge in [-0.25, -0.2) is 0 Å². The molecule has 0 spiro atoms. The minimum absolute atomic E-state index is 0.150. The van der Waals surface area contributed by atoms with E-state index in [1.807, 2.05) is 7.05 Å². The Labute approximate surface area is 102 Å². The second kappa shape index (κ2) is 4.67. The van der Waals surface area contributed by atoms with Crippen LogP contribution in [0, 0.1) is 0 Å². The largest absolute Gasteiger partial charge is 0.493 e. The molecule has 0 aliphatic carbocycles. The molecule has 92 valence electrons. The van der Waals surface area contributed by atoms with Crippen molar-refractivity contribution in [2.45, 2.75) is 25.4 Å². The summed E-state index contributed by atoms with van der Waals surface area (Å²) in [7, 11) is 1.97. The summed E-state index contributed by atoms with van der Waals surface area (Å²) in [5, 5.41) is 3.20. The molecule has 3 heteroatoms. The minimum Gasteiger partial charge on any atom is -0.493 e. The molecule has 0 aromatic heterocycles. The molecule has 2 heterocycles. The molecule has 0 radical (unpaired) electrons. The van der Waals surface area contributed by atoms with Crippen LogP contribution in [0.5, 0.6) is 5.75 Å². The van der Waals surface area contributed by atoms with E-state index >= 15 is 0 Å². The first-order valence-corrected chi connectivity index (χ1v) is 6.44. The standard InChI is InChI=1S/C14H19NO2/c1-15-9-12-13-10(6-8-16-12)4-5-11-3-2-7-17-14(11)13/h4-5,12,15H,2-3,6-9H2,1H3/t12-/m1/s1. The first-order valence-electron chi connectivity index (χ1n) is 6.44. The number of hydrogen-bond donors (Lipinski definition) is 1.